The summed E-state index contributed by atoms with van der Waals surface area (Å²) in [5.74, 6) is 0. The van der Waals surface area contributed by atoms with Gasteiger partial charge < -0.3 is 10.2 Å². The van der Waals surface area contributed by atoms with Crippen LogP contribution in [0.15, 0.2) is 54.0 Å². The zero-order valence-electron chi connectivity index (χ0n) is 11.5. The molecular formula is C17H15NO2S. The molecule has 3 nitrogen and oxygen atoms in total. The Morgan fingerprint density at radius 1 is 0.952 bits per heavy atom. The molecule has 0 fully saturated rings. The smallest absolute Gasteiger partial charge is 0.178 e. The number of aryl methyl sites for hydroxylation is 1. The molecule has 3 aromatic rings. The number of nitrogens with zero attached hydrogens (tertiary/aromatic N) is 1. The second-order valence-corrected chi connectivity index (χ2v) is 5.82. The standard InChI is InChI=1S/C17H15NO2S/c1-11-2-4-12(5-3-11)13-8-14(16-18-6-7-21-16)10-15(9-13)17(19)20/h2-10,17,19-20H,1H3. The lowest BCUT2D eigenvalue weighted by atomic mass is 9.99. The van der Waals surface area contributed by atoms with Crippen molar-refractivity contribution in [3.05, 3.63) is 65.2 Å². The van der Waals surface area contributed by atoms with E-state index in [4.69, 9.17) is 0 Å². The van der Waals surface area contributed by atoms with Gasteiger partial charge in [-0.1, -0.05) is 29.8 Å². The van der Waals surface area contributed by atoms with E-state index in [-0.39, 0.29) is 0 Å². The molecule has 0 radical (unpaired) electrons. The third-order valence-corrected chi connectivity index (χ3v) is 4.14. The average molecular weight is 297 g/mol. The Hall–Kier alpha value is -2.01. The van der Waals surface area contributed by atoms with Gasteiger partial charge in [-0.2, -0.15) is 0 Å². The monoisotopic (exact) mass is 297 g/mol. The largest absolute Gasteiger partial charge is 0.364 e. The van der Waals surface area contributed by atoms with Gasteiger partial charge in [0.2, 0.25) is 0 Å². The molecule has 2 aromatic carbocycles. The zero-order valence-corrected chi connectivity index (χ0v) is 12.3. The predicted molar refractivity (Wildman–Crippen MR) is 84.9 cm³/mol. The third kappa shape index (κ3) is 3.03. The lowest BCUT2D eigenvalue weighted by Crippen LogP contribution is -1.96. The molecule has 0 aliphatic rings. The van der Waals surface area contributed by atoms with E-state index in [0.717, 1.165) is 21.7 Å². The first-order chi connectivity index (χ1) is 10.1. The Morgan fingerprint density at radius 3 is 2.29 bits per heavy atom. The zero-order chi connectivity index (χ0) is 14.8. The van der Waals surface area contributed by atoms with Crippen LogP contribution in [0.2, 0.25) is 0 Å². The summed E-state index contributed by atoms with van der Waals surface area (Å²) in [6.07, 6.45) is 0.252. The molecule has 0 saturated heterocycles. The first-order valence-corrected chi connectivity index (χ1v) is 7.49. The lowest BCUT2D eigenvalue weighted by Gasteiger charge is -2.10. The van der Waals surface area contributed by atoms with E-state index >= 15 is 0 Å². The summed E-state index contributed by atoms with van der Waals surface area (Å²) in [5, 5.41) is 21.8. The van der Waals surface area contributed by atoms with E-state index in [1.165, 1.54) is 16.9 Å². The molecule has 21 heavy (non-hydrogen) atoms. The quantitative estimate of drug-likeness (QED) is 0.724. The highest BCUT2D eigenvalue weighted by Crippen LogP contribution is 2.31. The van der Waals surface area contributed by atoms with E-state index in [0.29, 0.717) is 5.56 Å². The van der Waals surface area contributed by atoms with Gasteiger partial charge in [-0.25, -0.2) is 4.98 Å². The molecule has 4 heteroatoms. The minimum absolute atomic E-state index is 0.471. The van der Waals surface area contributed by atoms with E-state index in [1.807, 2.05) is 42.6 Å². The third-order valence-electron chi connectivity index (χ3n) is 3.32. The van der Waals surface area contributed by atoms with Gasteiger partial charge in [0.1, 0.15) is 5.01 Å². The molecule has 0 amide bonds. The average Bonchev–Trinajstić information content (AvgIpc) is 3.02. The summed E-state index contributed by atoms with van der Waals surface area (Å²) in [7, 11) is 0. The van der Waals surface area contributed by atoms with Gasteiger partial charge in [0.05, 0.1) is 0 Å². The molecule has 0 unspecified atom stereocenters. The van der Waals surface area contributed by atoms with Crippen molar-refractivity contribution in [3.63, 3.8) is 0 Å². The van der Waals surface area contributed by atoms with Crippen LogP contribution in [0.5, 0.6) is 0 Å². The maximum Gasteiger partial charge on any atom is 0.178 e. The van der Waals surface area contributed by atoms with E-state index < -0.39 is 6.29 Å². The molecular weight excluding hydrogens is 282 g/mol. The normalized spacial score (nSPS) is 11.0. The summed E-state index contributed by atoms with van der Waals surface area (Å²) >= 11 is 1.53. The molecule has 0 aliphatic heterocycles. The first-order valence-electron chi connectivity index (χ1n) is 6.61. The second kappa shape index (κ2) is 5.77. The minimum Gasteiger partial charge on any atom is -0.364 e. The predicted octanol–water partition coefficient (Wildman–Crippen LogP) is 3.77. The van der Waals surface area contributed by atoms with Gasteiger partial charge in [0, 0.05) is 22.7 Å². The van der Waals surface area contributed by atoms with Gasteiger partial charge in [0.15, 0.2) is 6.29 Å². The minimum atomic E-state index is -1.49. The topological polar surface area (TPSA) is 53.4 Å². The number of rotatable bonds is 3. The number of benzene rings is 2. The van der Waals surface area contributed by atoms with Crippen LogP contribution in [0.25, 0.3) is 21.7 Å². The van der Waals surface area contributed by atoms with Gasteiger partial charge in [-0.3, -0.25) is 0 Å². The highest BCUT2D eigenvalue weighted by atomic mass is 32.1. The SMILES string of the molecule is Cc1ccc(-c2cc(-c3nccs3)cc(C(O)O)c2)cc1. The molecule has 106 valence electrons. The highest BCUT2D eigenvalue weighted by Gasteiger charge is 2.10. The second-order valence-electron chi connectivity index (χ2n) is 4.92. The van der Waals surface area contributed by atoms with Crippen molar-refractivity contribution >= 4 is 11.3 Å². The first kappa shape index (κ1) is 13.9. The molecule has 0 bridgehead atoms. The fourth-order valence-corrected chi connectivity index (χ4v) is 2.83. The Morgan fingerprint density at radius 2 is 1.67 bits per heavy atom. The van der Waals surface area contributed by atoms with Crippen LogP contribution in [0.3, 0.4) is 0 Å². The molecule has 1 aromatic heterocycles. The van der Waals surface area contributed by atoms with Crippen molar-refractivity contribution < 1.29 is 10.2 Å². The molecule has 0 atom stereocenters. The van der Waals surface area contributed by atoms with Crippen LogP contribution in [0, 0.1) is 6.92 Å². The Labute approximate surface area is 127 Å². The highest BCUT2D eigenvalue weighted by molar-refractivity contribution is 7.13. The molecule has 3 rings (SSSR count). The number of thiazole rings is 1. The Balaban J connectivity index is 2.13. The van der Waals surface area contributed by atoms with Crippen LogP contribution in [-0.2, 0) is 0 Å². The number of hydrogen-bond donors (Lipinski definition) is 2. The molecule has 1 heterocycles. The summed E-state index contributed by atoms with van der Waals surface area (Å²) in [4.78, 5) is 4.29. The fourth-order valence-electron chi connectivity index (χ4n) is 2.20. The Kier molecular flexibility index (Phi) is 3.84. The van der Waals surface area contributed by atoms with Crippen molar-refractivity contribution in [3.8, 4) is 21.7 Å². The number of hydrogen-bond acceptors (Lipinski definition) is 4. The molecule has 2 N–H and O–H groups in total. The van der Waals surface area contributed by atoms with Gasteiger partial charge in [-0.15, -0.1) is 11.3 Å². The van der Waals surface area contributed by atoms with Crippen LogP contribution in [0.4, 0.5) is 0 Å². The summed E-state index contributed by atoms with van der Waals surface area (Å²) in [5.41, 5.74) is 4.55. The van der Waals surface area contributed by atoms with E-state index in [2.05, 4.69) is 4.98 Å². The molecule has 0 spiro atoms. The van der Waals surface area contributed by atoms with Crippen LogP contribution in [0.1, 0.15) is 17.4 Å². The van der Waals surface area contributed by atoms with Gasteiger partial charge in [-0.05, 0) is 36.2 Å². The van der Waals surface area contributed by atoms with E-state index in [1.54, 1.807) is 18.3 Å². The van der Waals surface area contributed by atoms with Crippen molar-refractivity contribution in [1.29, 1.82) is 0 Å². The summed E-state index contributed by atoms with van der Waals surface area (Å²) in [6, 6.07) is 13.7. The number of aromatic nitrogens is 1. The van der Waals surface area contributed by atoms with Crippen LogP contribution < -0.4 is 0 Å². The van der Waals surface area contributed by atoms with E-state index in [9.17, 15) is 10.2 Å². The van der Waals surface area contributed by atoms with Gasteiger partial charge in [0.25, 0.3) is 0 Å². The maximum absolute atomic E-state index is 9.50. The molecule has 0 saturated carbocycles. The maximum atomic E-state index is 9.50. The number of aliphatic hydroxyl groups is 2. The number of aliphatic hydroxyl groups excluding tert-OH is 1. The van der Waals surface area contributed by atoms with Crippen molar-refractivity contribution in [1.82, 2.24) is 4.98 Å². The van der Waals surface area contributed by atoms with Crippen molar-refractivity contribution in [2.24, 2.45) is 0 Å². The van der Waals surface area contributed by atoms with Crippen molar-refractivity contribution in [2.75, 3.05) is 0 Å². The summed E-state index contributed by atoms with van der Waals surface area (Å²) in [6.45, 7) is 2.04. The van der Waals surface area contributed by atoms with Crippen LogP contribution in [-0.4, -0.2) is 15.2 Å². The van der Waals surface area contributed by atoms with Gasteiger partial charge >= 0.3 is 0 Å². The molecule has 0 aliphatic carbocycles. The fraction of sp³-hybridized carbons (Fsp3) is 0.118. The van der Waals surface area contributed by atoms with Crippen LogP contribution >= 0.6 is 11.3 Å². The summed E-state index contributed by atoms with van der Waals surface area (Å²) < 4.78 is 0. The van der Waals surface area contributed by atoms with Crippen molar-refractivity contribution in [2.45, 2.75) is 13.2 Å². The Bertz CT molecular complexity index is 734. The lowest BCUT2D eigenvalue weighted by molar-refractivity contribution is -0.0424.